The van der Waals surface area contributed by atoms with Crippen LogP contribution < -0.4 is 0 Å². The molecule has 0 saturated heterocycles. The molecule has 0 aliphatic rings. The lowest BCUT2D eigenvalue weighted by molar-refractivity contribution is 0.475. The number of rotatable bonds is 9. The van der Waals surface area contributed by atoms with Crippen molar-refractivity contribution in [1.82, 2.24) is 19.6 Å². The summed E-state index contributed by atoms with van der Waals surface area (Å²) in [5.74, 6) is -0.393. The van der Waals surface area contributed by atoms with Crippen LogP contribution in [0.1, 0.15) is 26.2 Å². The van der Waals surface area contributed by atoms with Crippen LogP contribution in [0.25, 0.3) is 0 Å². The third-order valence-electron chi connectivity index (χ3n) is 3.09. The van der Waals surface area contributed by atoms with Gasteiger partial charge >= 0.3 is 0 Å². The summed E-state index contributed by atoms with van der Waals surface area (Å²) in [7, 11) is -4.00. The fourth-order valence-corrected chi connectivity index (χ4v) is 2.32. The molecular formula is C13H20N6O3S. The Bertz CT molecular complexity index is 749. The first-order chi connectivity index (χ1) is 11.0. The second-order valence-corrected chi connectivity index (χ2v) is 6.69. The fraction of sp³-hybridized carbons (Fsp3) is 0.538. The van der Waals surface area contributed by atoms with Crippen molar-refractivity contribution >= 4 is 21.5 Å². The maximum absolute atomic E-state index is 10.7. The van der Waals surface area contributed by atoms with Crippen LogP contribution >= 0.6 is 0 Å². The first-order valence-corrected chi connectivity index (χ1v) is 8.99. The van der Waals surface area contributed by atoms with E-state index in [2.05, 4.69) is 27.3 Å². The zero-order valence-corrected chi connectivity index (χ0v) is 13.7. The summed E-state index contributed by atoms with van der Waals surface area (Å²) in [5.41, 5.74) is 1.14. The quantitative estimate of drug-likeness (QED) is 0.428. The van der Waals surface area contributed by atoms with Gasteiger partial charge in [0.2, 0.25) is 0 Å². The molecule has 2 aromatic rings. The zero-order valence-electron chi connectivity index (χ0n) is 12.9. The van der Waals surface area contributed by atoms with E-state index in [1.165, 1.54) is 17.3 Å². The van der Waals surface area contributed by atoms with Crippen LogP contribution in [-0.2, 0) is 23.2 Å². The van der Waals surface area contributed by atoms with Gasteiger partial charge in [0.1, 0.15) is 11.4 Å². The van der Waals surface area contributed by atoms with Gasteiger partial charge in [0, 0.05) is 6.54 Å². The molecular weight excluding hydrogens is 320 g/mol. The summed E-state index contributed by atoms with van der Waals surface area (Å²) in [6.45, 7) is 3.07. The molecule has 0 aliphatic heterocycles. The molecule has 0 bridgehead atoms. The first kappa shape index (κ1) is 17.3. The van der Waals surface area contributed by atoms with Crippen LogP contribution in [0.4, 0.5) is 11.4 Å². The first-order valence-electron chi connectivity index (χ1n) is 7.38. The Morgan fingerprint density at radius 3 is 2.13 bits per heavy atom. The van der Waals surface area contributed by atoms with E-state index in [0.29, 0.717) is 11.4 Å². The van der Waals surface area contributed by atoms with Gasteiger partial charge in [0.05, 0.1) is 37.1 Å². The van der Waals surface area contributed by atoms with Crippen molar-refractivity contribution in [2.24, 2.45) is 10.2 Å². The molecule has 0 atom stereocenters. The highest BCUT2D eigenvalue weighted by Crippen LogP contribution is 2.17. The summed E-state index contributed by atoms with van der Waals surface area (Å²) in [5, 5.41) is 16.3. The van der Waals surface area contributed by atoms with Gasteiger partial charge in [-0.2, -0.15) is 18.6 Å². The van der Waals surface area contributed by atoms with Gasteiger partial charge in [0.25, 0.3) is 10.1 Å². The van der Waals surface area contributed by atoms with Crippen molar-refractivity contribution in [2.45, 2.75) is 39.3 Å². The lowest BCUT2D eigenvalue weighted by Gasteiger charge is -1.98. The molecule has 126 valence electrons. The Hall–Kier alpha value is -2.07. The monoisotopic (exact) mass is 340 g/mol. The minimum atomic E-state index is -4.00. The fourth-order valence-electron chi connectivity index (χ4n) is 1.90. The smallest absolute Gasteiger partial charge is 0.266 e. The third-order valence-corrected chi connectivity index (χ3v) is 3.79. The number of hydrogen-bond donors (Lipinski definition) is 1. The largest absolute Gasteiger partial charge is 0.285 e. The third kappa shape index (κ3) is 6.28. The summed E-state index contributed by atoms with van der Waals surface area (Å²) in [6.07, 6.45) is 9.89. The van der Waals surface area contributed by atoms with E-state index in [-0.39, 0.29) is 6.54 Å². The Morgan fingerprint density at radius 1 is 1.04 bits per heavy atom. The summed E-state index contributed by atoms with van der Waals surface area (Å²) >= 11 is 0. The molecule has 0 saturated carbocycles. The van der Waals surface area contributed by atoms with Crippen LogP contribution in [0.3, 0.4) is 0 Å². The standard InChI is InChI=1S/C13H20N6O3S/c1-2-3-4-5-18-10-12(8-14-18)16-17-13-9-15-19(11-13)6-7-23(20,21)22/h8-11H,2-7H2,1H3,(H,20,21,22). The topological polar surface area (TPSA) is 115 Å². The molecule has 23 heavy (non-hydrogen) atoms. The van der Waals surface area contributed by atoms with Crippen LogP contribution in [-0.4, -0.2) is 38.3 Å². The summed E-state index contributed by atoms with van der Waals surface area (Å²) in [4.78, 5) is 0. The molecule has 2 rings (SSSR count). The van der Waals surface area contributed by atoms with Crippen LogP contribution in [0, 0.1) is 0 Å². The Labute approximate surface area is 134 Å². The van der Waals surface area contributed by atoms with E-state index >= 15 is 0 Å². The van der Waals surface area contributed by atoms with Crippen LogP contribution in [0.5, 0.6) is 0 Å². The second kappa shape index (κ2) is 7.97. The summed E-state index contributed by atoms with van der Waals surface area (Å²) in [6, 6.07) is 0. The van der Waals surface area contributed by atoms with E-state index in [1.807, 2.05) is 10.9 Å². The Kier molecular flexibility index (Phi) is 5.99. The molecule has 1 N–H and O–H groups in total. The van der Waals surface area contributed by atoms with Crippen molar-refractivity contribution in [3.63, 3.8) is 0 Å². The molecule has 2 aromatic heterocycles. The van der Waals surface area contributed by atoms with Gasteiger partial charge < -0.3 is 0 Å². The average Bonchev–Trinajstić information content (AvgIpc) is 3.11. The highest BCUT2D eigenvalue weighted by Gasteiger charge is 2.06. The van der Waals surface area contributed by atoms with Crippen molar-refractivity contribution in [3.8, 4) is 0 Å². The highest BCUT2D eigenvalue weighted by atomic mass is 32.2. The van der Waals surface area contributed by atoms with Crippen molar-refractivity contribution in [2.75, 3.05) is 5.75 Å². The maximum Gasteiger partial charge on any atom is 0.266 e. The van der Waals surface area contributed by atoms with E-state index in [9.17, 15) is 8.42 Å². The van der Waals surface area contributed by atoms with Gasteiger partial charge in [-0.25, -0.2) is 0 Å². The lowest BCUT2D eigenvalue weighted by atomic mass is 10.2. The molecule has 9 nitrogen and oxygen atoms in total. The van der Waals surface area contributed by atoms with Crippen molar-refractivity contribution in [3.05, 3.63) is 24.8 Å². The van der Waals surface area contributed by atoms with Gasteiger partial charge in [-0.15, -0.1) is 10.2 Å². The van der Waals surface area contributed by atoms with Crippen molar-refractivity contribution < 1.29 is 13.0 Å². The molecule has 2 heterocycles. The predicted octanol–water partition coefficient (Wildman–Crippen LogP) is 2.57. The van der Waals surface area contributed by atoms with E-state index in [1.54, 1.807) is 12.4 Å². The average molecular weight is 340 g/mol. The Morgan fingerprint density at radius 2 is 1.61 bits per heavy atom. The maximum atomic E-state index is 10.7. The zero-order chi connectivity index (χ0) is 16.7. The van der Waals surface area contributed by atoms with Gasteiger partial charge in [-0.1, -0.05) is 19.8 Å². The minimum absolute atomic E-state index is 0.0592. The predicted molar refractivity (Wildman–Crippen MR) is 84.6 cm³/mol. The molecule has 10 heteroatoms. The SMILES string of the molecule is CCCCCn1cc(N=Nc2cnn(CCS(=O)(=O)O)c2)cn1. The number of aromatic nitrogens is 4. The lowest BCUT2D eigenvalue weighted by Crippen LogP contribution is -2.11. The van der Waals surface area contributed by atoms with Gasteiger partial charge in [-0.3, -0.25) is 13.9 Å². The Balaban J connectivity index is 1.89. The molecule has 0 fully saturated rings. The minimum Gasteiger partial charge on any atom is -0.285 e. The van der Waals surface area contributed by atoms with Crippen molar-refractivity contribution in [1.29, 1.82) is 0 Å². The van der Waals surface area contributed by atoms with Crippen LogP contribution in [0.2, 0.25) is 0 Å². The highest BCUT2D eigenvalue weighted by molar-refractivity contribution is 7.85. The molecule has 0 amide bonds. The molecule has 0 aromatic carbocycles. The number of hydrogen-bond acceptors (Lipinski definition) is 6. The molecule has 0 aliphatic carbocycles. The number of unbranched alkanes of at least 4 members (excludes halogenated alkanes) is 2. The van der Waals surface area contributed by atoms with E-state index in [4.69, 9.17) is 4.55 Å². The van der Waals surface area contributed by atoms with Gasteiger partial charge in [-0.05, 0) is 6.42 Å². The van der Waals surface area contributed by atoms with E-state index in [0.717, 1.165) is 19.4 Å². The second-order valence-electron chi connectivity index (χ2n) is 5.12. The van der Waals surface area contributed by atoms with Crippen LogP contribution in [0.15, 0.2) is 35.0 Å². The molecule has 0 spiro atoms. The normalized spacial score (nSPS) is 12.3. The number of azo groups is 1. The van der Waals surface area contributed by atoms with E-state index < -0.39 is 15.9 Å². The number of nitrogens with zero attached hydrogens (tertiary/aromatic N) is 6. The molecule has 0 unspecified atom stereocenters. The summed E-state index contributed by atoms with van der Waals surface area (Å²) < 4.78 is 33.3. The number of aryl methyl sites for hydroxylation is 2. The van der Waals surface area contributed by atoms with Gasteiger partial charge in [0.15, 0.2) is 0 Å². The molecule has 0 radical (unpaired) electrons.